The largest absolute Gasteiger partial charge is 0.497 e. The lowest BCUT2D eigenvalue weighted by Crippen LogP contribution is -2.58. The fraction of sp³-hybridized carbons (Fsp3) is 0.650. The van der Waals surface area contributed by atoms with Gasteiger partial charge in [-0.15, -0.1) is 0 Å². The molecule has 1 saturated carbocycles. The van der Waals surface area contributed by atoms with Crippen molar-refractivity contribution in [2.24, 2.45) is 22.7 Å². The summed E-state index contributed by atoms with van der Waals surface area (Å²) in [4.78, 5) is 7.97. The molecule has 23 heavy (non-hydrogen) atoms. The van der Waals surface area contributed by atoms with Crippen LogP contribution in [-0.4, -0.2) is 36.9 Å². The molecule has 3 saturated heterocycles. The van der Waals surface area contributed by atoms with Gasteiger partial charge >= 0.3 is 0 Å². The van der Waals surface area contributed by atoms with E-state index >= 15 is 0 Å². The maximum atomic E-state index is 5.46. The molecule has 3 nitrogen and oxygen atoms in total. The quantitative estimate of drug-likeness (QED) is 0.824. The van der Waals surface area contributed by atoms with Crippen molar-refractivity contribution in [1.29, 1.82) is 0 Å². The average Bonchev–Trinajstić information content (AvgIpc) is 2.92. The molecule has 5 aliphatic rings. The maximum Gasteiger partial charge on any atom is 0.119 e. The van der Waals surface area contributed by atoms with Crippen molar-refractivity contribution in [3.05, 3.63) is 23.8 Å². The first-order valence-electron chi connectivity index (χ1n) is 9.29. The Morgan fingerprint density at radius 2 is 2.22 bits per heavy atom. The molecule has 0 aromatic heterocycles. The summed E-state index contributed by atoms with van der Waals surface area (Å²) in [5, 5.41) is 0. The topological polar surface area (TPSA) is 24.8 Å². The predicted octanol–water partition coefficient (Wildman–Crippen LogP) is 4.01. The van der Waals surface area contributed by atoms with Crippen LogP contribution in [0.25, 0.3) is 0 Å². The molecule has 3 heteroatoms. The third kappa shape index (κ3) is 1.95. The van der Waals surface area contributed by atoms with Crippen LogP contribution in [-0.2, 0) is 0 Å². The van der Waals surface area contributed by atoms with E-state index in [1.165, 1.54) is 55.7 Å². The number of piperidine rings is 2. The molecule has 3 unspecified atom stereocenters. The molecule has 0 N–H and O–H groups in total. The zero-order valence-electron chi connectivity index (χ0n) is 14.2. The summed E-state index contributed by atoms with van der Waals surface area (Å²) in [6.45, 7) is 4.96. The number of benzene rings is 1. The number of rotatable bonds is 2. The van der Waals surface area contributed by atoms with Crippen molar-refractivity contribution in [3.8, 4) is 5.75 Å². The van der Waals surface area contributed by atoms with Gasteiger partial charge < -0.3 is 4.74 Å². The van der Waals surface area contributed by atoms with Gasteiger partial charge in [-0.05, 0) is 61.4 Å². The van der Waals surface area contributed by atoms with Gasteiger partial charge in [0.25, 0.3) is 0 Å². The maximum absolute atomic E-state index is 5.46. The number of ether oxygens (including phenoxy) is 1. The van der Waals surface area contributed by atoms with E-state index in [0.29, 0.717) is 11.8 Å². The Morgan fingerprint density at radius 1 is 1.30 bits per heavy atom. The van der Waals surface area contributed by atoms with Gasteiger partial charge in [0, 0.05) is 30.1 Å². The third-order valence-corrected chi connectivity index (χ3v) is 6.86. The summed E-state index contributed by atoms with van der Waals surface area (Å²) in [6, 6.07) is 7.20. The van der Waals surface area contributed by atoms with Crippen LogP contribution in [0, 0.1) is 17.8 Å². The molecule has 1 aliphatic carbocycles. The molecule has 0 amide bonds. The summed E-state index contributed by atoms with van der Waals surface area (Å²) in [5.41, 5.74) is 4.12. The summed E-state index contributed by atoms with van der Waals surface area (Å²) >= 11 is 0. The number of methoxy groups -OCH3 is 1. The molecule has 4 bridgehead atoms. The van der Waals surface area contributed by atoms with Gasteiger partial charge in [-0.1, -0.05) is 13.3 Å². The van der Waals surface area contributed by atoms with Gasteiger partial charge in [-0.25, -0.2) is 0 Å². The Bertz CT molecular complexity index is 668. The molecule has 6 rings (SSSR count). The fourth-order valence-electron chi connectivity index (χ4n) is 5.95. The number of nitrogens with zero attached hydrogens (tertiary/aromatic N) is 2. The molecular weight excluding hydrogens is 284 g/mol. The number of fused-ring (bicyclic) bond motifs is 4. The molecule has 4 aliphatic heterocycles. The van der Waals surface area contributed by atoms with Crippen LogP contribution in [0.15, 0.2) is 23.2 Å². The lowest BCUT2D eigenvalue weighted by Gasteiger charge is -2.53. The van der Waals surface area contributed by atoms with E-state index in [0.717, 1.165) is 23.6 Å². The molecule has 122 valence electrons. The average molecular weight is 310 g/mol. The molecule has 4 heterocycles. The molecule has 4 fully saturated rings. The summed E-state index contributed by atoms with van der Waals surface area (Å²) in [6.07, 6.45) is 5.38. The first-order chi connectivity index (χ1) is 11.3. The van der Waals surface area contributed by atoms with E-state index in [-0.39, 0.29) is 0 Å². The highest BCUT2D eigenvalue weighted by Crippen LogP contribution is 2.52. The van der Waals surface area contributed by atoms with Crippen LogP contribution < -0.4 is 4.74 Å². The SMILES string of the molecule is CC[C@H]1C[C@H]2C[C@H]3C4=Nc5ccc(OC)cc5C4CCN(C2)C13. The highest BCUT2D eigenvalue weighted by molar-refractivity contribution is 6.00. The van der Waals surface area contributed by atoms with Crippen LogP contribution in [0.5, 0.6) is 5.75 Å². The third-order valence-electron chi connectivity index (χ3n) is 6.86. The van der Waals surface area contributed by atoms with Crippen molar-refractivity contribution in [2.75, 3.05) is 20.2 Å². The van der Waals surface area contributed by atoms with Crippen LogP contribution >= 0.6 is 0 Å². The lowest BCUT2D eigenvalue weighted by molar-refractivity contribution is -0.0172. The predicted molar refractivity (Wildman–Crippen MR) is 92.8 cm³/mol. The Hall–Kier alpha value is -1.35. The molecule has 1 aromatic rings. The van der Waals surface area contributed by atoms with Crippen molar-refractivity contribution in [2.45, 2.75) is 44.6 Å². The minimum atomic E-state index is 0.534. The Balaban J connectivity index is 1.57. The van der Waals surface area contributed by atoms with E-state index in [1.54, 1.807) is 7.11 Å². The minimum Gasteiger partial charge on any atom is -0.497 e. The van der Waals surface area contributed by atoms with Crippen molar-refractivity contribution in [3.63, 3.8) is 0 Å². The monoisotopic (exact) mass is 310 g/mol. The standard InChI is InChI=1S/C20H26N2O/c1-3-13-8-12-9-17-19-15(6-7-22(11-12)20(13)17)16-10-14(23-2)4-5-18(16)21-19/h4-5,10,12-13,15,17,20H,3,6-9,11H2,1-2H3/t12-,13-,15?,17-,20?/m0/s1. The van der Waals surface area contributed by atoms with Gasteiger partial charge in [0.2, 0.25) is 0 Å². The second kappa shape index (κ2) is 5.07. The van der Waals surface area contributed by atoms with E-state index in [4.69, 9.17) is 9.73 Å². The summed E-state index contributed by atoms with van der Waals surface area (Å²) in [5.74, 6) is 3.98. The van der Waals surface area contributed by atoms with Gasteiger partial charge in [0.15, 0.2) is 0 Å². The fourth-order valence-corrected chi connectivity index (χ4v) is 5.95. The second-order valence-electron chi connectivity index (χ2n) is 7.90. The van der Waals surface area contributed by atoms with Gasteiger partial charge in [-0.3, -0.25) is 9.89 Å². The van der Waals surface area contributed by atoms with Crippen molar-refractivity contribution < 1.29 is 4.74 Å². The number of hydrogen-bond donors (Lipinski definition) is 0. The highest BCUT2D eigenvalue weighted by Gasteiger charge is 2.51. The van der Waals surface area contributed by atoms with Gasteiger partial charge in [-0.2, -0.15) is 0 Å². The summed E-state index contributed by atoms with van der Waals surface area (Å²) < 4.78 is 5.46. The summed E-state index contributed by atoms with van der Waals surface area (Å²) in [7, 11) is 1.76. The number of hydrogen-bond acceptors (Lipinski definition) is 3. The van der Waals surface area contributed by atoms with Crippen molar-refractivity contribution in [1.82, 2.24) is 4.90 Å². The normalized spacial score (nSPS) is 40.2. The Kier molecular flexibility index (Phi) is 3.09. The van der Waals surface area contributed by atoms with E-state index < -0.39 is 0 Å². The van der Waals surface area contributed by atoms with Crippen LogP contribution in [0.2, 0.25) is 0 Å². The molecular formula is C20H26N2O. The van der Waals surface area contributed by atoms with E-state index in [2.05, 4.69) is 30.0 Å². The zero-order valence-corrected chi connectivity index (χ0v) is 14.2. The molecule has 0 radical (unpaired) electrons. The van der Waals surface area contributed by atoms with E-state index in [9.17, 15) is 0 Å². The van der Waals surface area contributed by atoms with Crippen LogP contribution in [0.1, 0.15) is 44.1 Å². The first kappa shape index (κ1) is 14.0. The van der Waals surface area contributed by atoms with Crippen LogP contribution in [0.3, 0.4) is 0 Å². The van der Waals surface area contributed by atoms with Crippen molar-refractivity contribution >= 4 is 11.4 Å². The zero-order chi connectivity index (χ0) is 15.6. The minimum absolute atomic E-state index is 0.534. The highest BCUT2D eigenvalue weighted by atomic mass is 16.5. The molecule has 0 spiro atoms. The lowest BCUT2D eigenvalue weighted by atomic mass is 9.64. The van der Waals surface area contributed by atoms with Gasteiger partial charge in [0.05, 0.1) is 12.8 Å². The first-order valence-corrected chi connectivity index (χ1v) is 9.29. The Labute approximate surface area is 138 Å². The van der Waals surface area contributed by atoms with Crippen LogP contribution in [0.4, 0.5) is 5.69 Å². The second-order valence-corrected chi connectivity index (χ2v) is 7.90. The Morgan fingerprint density at radius 3 is 3.04 bits per heavy atom. The molecule has 6 atom stereocenters. The van der Waals surface area contributed by atoms with E-state index in [1.807, 2.05) is 0 Å². The van der Waals surface area contributed by atoms with Gasteiger partial charge in [0.1, 0.15) is 5.75 Å². The smallest absolute Gasteiger partial charge is 0.119 e. The molecule has 1 aromatic carbocycles. The number of aliphatic imine (C=N–C) groups is 1.